The summed E-state index contributed by atoms with van der Waals surface area (Å²) in [7, 11) is 0. The number of halogens is 4. The molecule has 12 heteroatoms. The molecule has 0 unspecified atom stereocenters. The minimum atomic E-state index is -4.55. The van der Waals surface area contributed by atoms with Gasteiger partial charge in [0.15, 0.2) is 0 Å². The van der Waals surface area contributed by atoms with Gasteiger partial charge in [-0.15, -0.1) is 0 Å². The van der Waals surface area contributed by atoms with Crippen molar-refractivity contribution in [3.8, 4) is 11.3 Å². The second-order valence-electron chi connectivity index (χ2n) is 8.47. The van der Waals surface area contributed by atoms with Crippen molar-refractivity contribution in [2.45, 2.75) is 57.7 Å². The molecule has 178 valence electrons. The Bertz CT molecular complexity index is 1010. The summed E-state index contributed by atoms with van der Waals surface area (Å²) in [5.74, 6) is -0.706. The van der Waals surface area contributed by atoms with Gasteiger partial charge in [-0.05, 0) is 45.4 Å². The first-order valence-electron chi connectivity index (χ1n) is 10.1. The molecule has 0 radical (unpaired) electrons. The monoisotopic (exact) mass is 469 g/mol. The third kappa shape index (κ3) is 6.14. The molecule has 33 heavy (non-hydrogen) atoms. The van der Waals surface area contributed by atoms with Gasteiger partial charge in [-0.3, -0.25) is 14.7 Å². The van der Waals surface area contributed by atoms with Crippen molar-refractivity contribution in [2.24, 2.45) is 0 Å². The Kier molecular flexibility index (Phi) is 6.84. The number of hydrogen-bond donors (Lipinski definition) is 1. The van der Waals surface area contributed by atoms with Gasteiger partial charge in [0.05, 0.1) is 17.9 Å². The highest BCUT2D eigenvalue weighted by Crippen LogP contribution is 2.28. The maximum absolute atomic E-state index is 14.4. The van der Waals surface area contributed by atoms with Gasteiger partial charge in [0.1, 0.15) is 29.8 Å². The topological polar surface area (TPSA) is 97.3 Å². The summed E-state index contributed by atoms with van der Waals surface area (Å²) < 4.78 is 57.7. The second kappa shape index (κ2) is 9.28. The Labute approximate surface area is 187 Å². The van der Waals surface area contributed by atoms with Crippen LogP contribution in [0.2, 0.25) is 0 Å². The van der Waals surface area contributed by atoms with Crippen molar-refractivity contribution in [1.82, 2.24) is 25.2 Å². The number of aromatic nitrogens is 3. The molecule has 3 heterocycles. The first-order chi connectivity index (χ1) is 15.3. The summed E-state index contributed by atoms with van der Waals surface area (Å²) in [5.41, 5.74) is -0.856. The molecule has 1 aliphatic heterocycles. The van der Waals surface area contributed by atoms with Crippen LogP contribution in [0.3, 0.4) is 0 Å². The quantitative estimate of drug-likeness (QED) is 0.689. The number of likely N-dealkylation sites (tertiary alicyclic amines) is 1. The van der Waals surface area contributed by atoms with E-state index in [4.69, 9.17) is 4.74 Å². The van der Waals surface area contributed by atoms with Crippen molar-refractivity contribution in [1.29, 1.82) is 0 Å². The number of carbonyl (C=O) groups is 2. The minimum absolute atomic E-state index is 0.00983. The van der Waals surface area contributed by atoms with E-state index >= 15 is 0 Å². The van der Waals surface area contributed by atoms with E-state index in [9.17, 15) is 27.2 Å². The number of amides is 2. The molecule has 0 aliphatic carbocycles. The molecule has 0 spiro atoms. The lowest BCUT2D eigenvalue weighted by molar-refractivity contribution is -0.141. The van der Waals surface area contributed by atoms with Crippen LogP contribution in [0, 0.1) is 0 Å². The van der Waals surface area contributed by atoms with Crippen molar-refractivity contribution >= 4 is 12.0 Å². The van der Waals surface area contributed by atoms with Crippen LogP contribution < -0.4 is 5.32 Å². The minimum Gasteiger partial charge on any atom is -0.444 e. The summed E-state index contributed by atoms with van der Waals surface area (Å²) in [5, 5.41) is 2.54. The van der Waals surface area contributed by atoms with Crippen LogP contribution >= 0.6 is 0 Å². The van der Waals surface area contributed by atoms with Crippen molar-refractivity contribution < 1.29 is 31.9 Å². The molecule has 0 aromatic carbocycles. The van der Waals surface area contributed by atoms with Crippen LogP contribution in [0.1, 0.15) is 38.6 Å². The molecule has 2 aromatic rings. The van der Waals surface area contributed by atoms with Gasteiger partial charge in [-0.1, -0.05) is 0 Å². The van der Waals surface area contributed by atoms with Crippen molar-refractivity contribution in [3.05, 3.63) is 42.1 Å². The number of nitrogens with zero attached hydrogens (tertiary/aromatic N) is 4. The van der Waals surface area contributed by atoms with E-state index in [-0.39, 0.29) is 19.5 Å². The van der Waals surface area contributed by atoms with E-state index in [1.54, 1.807) is 20.8 Å². The van der Waals surface area contributed by atoms with Crippen LogP contribution in [-0.2, 0) is 22.3 Å². The van der Waals surface area contributed by atoms with Crippen LogP contribution in [0.25, 0.3) is 11.3 Å². The molecule has 3 rings (SSSR count). The maximum Gasteiger partial charge on any atom is 0.433 e. The fourth-order valence-electron chi connectivity index (χ4n) is 3.23. The first kappa shape index (κ1) is 24.3. The zero-order valence-electron chi connectivity index (χ0n) is 18.2. The van der Waals surface area contributed by atoms with Gasteiger partial charge in [-0.25, -0.2) is 19.2 Å². The SMILES string of the molecule is CC(C)(C)OC(=O)N1CC[C@@H](F)[C@H]1C(=O)NCc1cc(-c2ccc(C(F)(F)F)nc2)ncn1. The van der Waals surface area contributed by atoms with Crippen molar-refractivity contribution in [3.63, 3.8) is 0 Å². The molecule has 2 aromatic heterocycles. The highest BCUT2D eigenvalue weighted by molar-refractivity contribution is 5.87. The highest BCUT2D eigenvalue weighted by Gasteiger charge is 2.43. The number of rotatable bonds is 4. The van der Waals surface area contributed by atoms with Crippen LogP contribution in [0.4, 0.5) is 22.4 Å². The Balaban J connectivity index is 1.67. The third-order valence-corrected chi connectivity index (χ3v) is 4.74. The molecule has 2 amide bonds. The predicted octanol–water partition coefficient (Wildman–Crippen LogP) is 3.52. The fraction of sp³-hybridized carbons (Fsp3) is 0.476. The molecule has 1 fully saturated rings. The summed E-state index contributed by atoms with van der Waals surface area (Å²) in [6, 6.07) is 2.20. The van der Waals surface area contributed by atoms with Gasteiger partial charge in [0.25, 0.3) is 0 Å². The molecule has 1 saturated heterocycles. The number of hydrogen-bond acceptors (Lipinski definition) is 6. The number of alkyl halides is 4. The Morgan fingerprint density at radius 1 is 1.18 bits per heavy atom. The molecule has 8 nitrogen and oxygen atoms in total. The highest BCUT2D eigenvalue weighted by atomic mass is 19.4. The van der Waals surface area contributed by atoms with Gasteiger partial charge in [-0.2, -0.15) is 13.2 Å². The zero-order chi connectivity index (χ0) is 24.4. The lowest BCUT2D eigenvalue weighted by atomic mass is 10.1. The fourth-order valence-corrected chi connectivity index (χ4v) is 3.23. The normalized spacial score (nSPS) is 18.8. The lowest BCUT2D eigenvalue weighted by Crippen LogP contribution is -2.50. The average molecular weight is 469 g/mol. The maximum atomic E-state index is 14.4. The first-order valence-corrected chi connectivity index (χ1v) is 10.1. The average Bonchev–Trinajstić information content (AvgIpc) is 3.12. The van der Waals surface area contributed by atoms with Gasteiger partial charge in [0, 0.05) is 18.3 Å². The summed E-state index contributed by atoms with van der Waals surface area (Å²) in [6.45, 7) is 4.95. The Morgan fingerprint density at radius 2 is 1.91 bits per heavy atom. The van der Waals surface area contributed by atoms with Crippen LogP contribution in [0.15, 0.2) is 30.7 Å². The van der Waals surface area contributed by atoms with E-state index in [1.807, 2.05) is 0 Å². The van der Waals surface area contributed by atoms with Crippen molar-refractivity contribution in [2.75, 3.05) is 6.54 Å². The zero-order valence-corrected chi connectivity index (χ0v) is 18.2. The largest absolute Gasteiger partial charge is 0.444 e. The molecule has 0 saturated carbocycles. The van der Waals surface area contributed by atoms with Gasteiger partial charge in [0.2, 0.25) is 5.91 Å². The van der Waals surface area contributed by atoms with E-state index < -0.39 is 41.7 Å². The molecule has 1 aliphatic rings. The van der Waals surface area contributed by atoms with Gasteiger partial charge >= 0.3 is 12.3 Å². The predicted molar refractivity (Wildman–Crippen MR) is 108 cm³/mol. The smallest absolute Gasteiger partial charge is 0.433 e. The van der Waals surface area contributed by atoms with Gasteiger partial charge < -0.3 is 10.1 Å². The molecule has 2 atom stereocenters. The second-order valence-corrected chi connectivity index (χ2v) is 8.47. The van der Waals surface area contributed by atoms with Crippen LogP contribution in [0.5, 0.6) is 0 Å². The standard InChI is InChI=1S/C21H23F4N5O3/c1-20(2,3)33-19(32)30-7-6-14(22)17(30)18(31)27-10-13-8-15(29-11-28-13)12-4-5-16(26-9-12)21(23,24)25/h4-5,8-9,11,14,17H,6-7,10H2,1-3H3,(H,27,31)/t14-,17+/m1/s1. The summed E-state index contributed by atoms with van der Waals surface area (Å²) in [4.78, 5) is 37.5. The van der Waals surface area contributed by atoms with E-state index in [2.05, 4.69) is 20.3 Å². The third-order valence-electron chi connectivity index (χ3n) is 4.74. The van der Waals surface area contributed by atoms with Crippen LogP contribution in [-0.4, -0.2) is 56.2 Å². The number of pyridine rings is 1. The number of ether oxygens (including phenoxy) is 1. The van der Waals surface area contributed by atoms with E-state index in [0.717, 1.165) is 17.2 Å². The number of carbonyl (C=O) groups excluding carboxylic acids is 2. The van der Waals surface area contributed by atoms with E-state index in [0.29, 0.717) is 17.0 Å². The Hall–Kier alpha value is -3.31. The molecule has 1 N–H and O–H groups in total. The Morgan fingerprint density at radius 3 is 2.52 bits per heavy atom. The summed E-state index contributed by atoms with van der Waals surface area (Å²) in [6.07, 6.45) is -4.64. The molecular weight excluding hydrogens is 446 g/mol. The summed E-state index contributed by atoms with van der Waals surface area (Å²) >= 11 is 0. The van der Waals surface area contributed by atoms with E-state index in [1.165, 1.54) is 18.5 Å². The molecular formula is C21H23F4N5O3. The number of nitrogens with one attached hydrogen (secondary N) is 1. The lowest BCUT2D eigenvalue weighted by Gasteiger charge is -2.28. The molecule has 0 bridgehead atoms.